The molecule has 2 aromatic carbocycles. The van der Waals surface area contributed by atoms with Crippen molar-refractivity contribution >= 4 is 5.97 Å². The number of ether oxygens (including phenoxy) is 3. The van der Waals surface area contributed by atoms with Crippen molar-refractivity contribution in [2.45, 2.75) is 33.5 Å². The van der Waals surface area contributed by atoms with E-state index in [2.05, 4.69) is 4.98 Å². The van der Waals surface area contributed by atoms with Crippen LogP contribution >= 0.6 is 0 Å². The number of carbonyl (C=O) groups excluding carboxylic acids is 1. The standard InChI is InChI=1S/C22H23NO5/c1-4-25-22(24)18-14-27-21(23-18)17-10-11-19(20(12-17)28-15(2)3)26-13-16-8-6-5-7-9-16/h5-12,14-15H,4,13H2,1-3H3. The van der Waals surface area contributed by atoms with Crippen LogP contribution < -0.4 is 9.47 Å². The van der Waals surface area contributed by atoms with Crippen molar-refractivity contribution in [3.05, 3.63) is 66.1 Å². The second-order valence-electron chi connectivity index (χ2n) is 6.36. The Morgan fingerprint density at radius 1 is 1.11 bits per heavy atom. The summed E-state index contributed by atoms with van der Waals surface area (Å²) in [6.45, 7) is 6.33. The fourth-order valence-corrected chi connectivity index (χ4v) is 2.55. The predicted molar refractivity (Wildman–Crippen MR) is 104 cm³/mol. The van der Waals surface area contributed by atoms with Gasteiger partial charge in [-0.05, 0) is 44.5 Å². The summed E-state index contributed by atoms with van der Waals surface area (Å²) in [6, 6.07) is 15.3. The molecule has 0 saturated carbocycles. The topological polar surface area (TPSA) is 70.8 Å². The zero-order valence-corrected chi connectivity index (χ0v) is 16.2. The van der Waals surface area contributed by atoms with Gasteiger partial charge in [-0.25, -0.2) is 9.78 Å². The maximum atomic E-state index is 11.8. The summed E-state index contributed by atoms with van der Waals surface area (Å²) in [4.78, 5) is 16.0. The van der Waals surface area contributed by atoms with Gasteiger partial charge in [0.15, 0.2) is 17.2 Å². The Balaban J connectivity index is 1.82. The van der Waals surface area contributed by atoms with Crippen LogP contribution in [-0.2, 0) is 11.3 Å². The van der Waals surface area contributed by atoms with E-state index < -0.39 is 5.97 Å². The SMILES string of the molecule is CCOC(=O)c1coc(-c2ccc(OCc3ccccc3)c(OC(C)C)c2)n1. The van der Waals surface area contributed by atoms with Gasteiger partial charge in [-0.15, -0.1) is 0 Å². The van der Waals surface area contributed by atoms with Crippen LogP contribution in [0.2, 0.25) is 0 Å². The van der Waals surface area contributed by atoms with Crippen molar-refractivity contribution in [3.8, 4) is 23.0 Å². The summed E-state index contributed by atoms with van der Waals surface area (Å²) in [5.74, 6) is 1.00. The Bertz CT molecular complexity index is 918. The number of carbonyl (C=O) groups is 1. The Kier molecular flexibility index (Phi) is 6.32. The third-order valence-electron chi connectivity index (χ3n) is 3.78. The van der Waals surface area contributed by atoms with Gasteiger partial charge in [0.05, 0.1) is 12.7 Å². The minimum Gasteiger partial charge on any atom is -0.487 e. The van der Waals surface area contributed by atoms with Gasteiger partial charge in [0.1, 0.15) is 12.9 Å². The lowest BCUT2D eigenvalue weighted by Crippen LogP contribution is -2.07. The number of oxazole rings is 1. The summed E-state index contributed by atoms with van der Waals surface area (Å²) in [6.07, 6.45) is 1.25. The van der Waals surface area contributed by atoms with Gasteiger partial charge in [0.25, 0.3) is 0 Å². The molecule has 1 heterocycles. The fourth-order valence-electron chi connectivity index (χ4n) is 2.55. The van der Waals surface area contributed by atoms with Crippen LogP contribution in [0.5, 0.6) is 11.5 Å². The highest BCUT2D eigenvalue weighted by Gasteiger charge is 2.17. The Morgan fingerprint density at radius 2 is 1.89 bits per heavy atom. The van der Waals surface area contributed by atoms with E-state index in [9.17, 15) is 4.79 Å². The highest BCUT2D eigenvalue weighted by Crippen LogP contribution is 2.34. The largest absolute Gasteiger partial charge is 0.487 e. The number of esters is 1. The summed E-state index contributed by atoms with van der Waals surface area (Å²) >= 11 is 0. The summed E-state index contributed by atoms with van der Waals surface area (Å²) in [5, 5.41) is 0. The number of hydrogen-bond donors (Lipinski definition) is 0. The lowest BCUT2D eigenvalue weighted by atomic mass is 10.2. The number of aromatic nitrogens is 1. The van der Waals surface area contributed by atoms with Crippen LogP contribution in [0.3, 0.4) is 0 Å². The Hall–Kier alpha value is -3.28. The number of nitrogens with zero attached hydrogens (tertiary/aromatic N) is 1. The molecule has 0 unspecified atom stereocenters. The minimum absolute atomic E-state index is 0.0334. The van der Waals surface area contributed by atoms with E-state index in [0.29, 0.717) is 29.6 Å². The van der Waals surface area contributed by atoms with E-state index in [1.165, 1.54) is 6.26 Å². The molecule has 3 aromatic rings. The van der Waals surface area contributed by atoms with Gasteiger partial charge in [-0.3, -0.25) is 0 Å². The van der Waals surface area contributed by atoms with Crippen LogP contribution in [0, 0.1) is 0 Å². The predicted octanol–water partition coefficient (Wildman–Crippen LogP) is 4.88. The molecule has 6 heteroatoms. The molecule has 0 bridgehead atoms. The molecule has 0 atom stereocenters. The van der Waals surface area contributed by atoms with Gasteiger partial charge < -0.3 is 18.6 Å². The first-order valence-electron chi connectivity index (χ1n) is 9.17. The molecule has 6 nitrogen and oxygen atoms in total. The second-order valence-corrected chi connectivity index (χ2v) is 6.36. The smallest absolute Gasteiger partial charge is 0.360 e. The zero-order valence-electron chi connectivity index (χ0n) is 16.2. The summed E-state index contributed by atoms with van der Waals surface area (Å²) in [5.41, 5.74) is 1.87. The zero-order chi connectivity index (χ0) is 19.9. The average molecular weight is 381 g/mol. The molecule has 0 N–H and O–H groups in total. The van der Waals surface area contributed by atoms with E-state index in [1.807, 2.05) is 56.3 Å². The highest BCUT2D eigenvalue weighted by molar-refractivity contribution is 5.87. The number of benzene rings is 2. The Labute approximate surface area is 164 Å². The lowest BCUT2D eigenvalue weighted by Gasteiger charge is -2.16. The molecule has 0 fully saturated rings. The van der Waals surface area contributed by atoms with Crippen molar-refractivity contribution in [1.29, 1.82) is 0 Å². The van der Waals surface area contributed by atoms with Gasteiger partial charge in [-0.1, -0.05) is 30.3 Å². The van der Waals surface area contributed by atoms with E-state index in [1.54, 1.807) is 13.0 Å². The van der Waals surface area contributed by atoms with Gasteiger partial charge >= 0.3 is 5.97 Å². The third-order valence-corrected chi connectivity index (χ3v) is 3.78. The van der Waals surface area contributed by atoms with Crippen LogP contribution in [0.1, 0.15) is 36.8 Å². The van der Waals surface area contributed by atoms with Crippen LogP contribution in [-0.4, -0.2) is 23.7 Å². The van der Waals surface area contributed by atoms with Crippen molar-refractivity contribution in [2.24, 2.45) is 0 Å². The first-order chi connectivity index (χ1) is 13.6. The van der Waals surface area contributed by atoms with E-state index in [-0.39, 0.29) is 18.4 Å². The van der Waals surface area contributed by atoms with Crippen LogP contribution in [0.25, 0.3) is 11.5 Å². The molecule has 0 amide bonds. The van der Waals surface area contributed by atoms with Crippen molar-refractivity contribution in [2.75, 3.05) is 6.61 Å². The van der Waals surface area contributed by atoms with Crippen molar-refractivity contribution < 1.29 is 23.4 Å². The van der Waals surface area contributed by atoms with Gasteiger partial charge in [0.2, 0.25) is 5.89 Å². The minimum atomic E-state index is -0.515. The number of rotatable bonds is 8. The van der Waals surface area contributed by atoms with Crippen LogP contribution in [0.4, 0.5) is 0 Å². The molecule has 0 spiro atoms. The second kappa shape index (κ2) is 9.08. The average Bonchev–Trinajstić information content (AvgIpc) is 3.18. The molecule has 28 heavy (non-hydrogen) atoms. The monoisotopic (exact) mass is 381 g/mol. The normalized spacial score (nSPS) is 10.7. The van der Waals surface area contributed by atoms with E-state index in [4.69, 9.17) is 18.6 Å². The molecule has 146 valence electrons. The van der Waals surface area contributed by atoms with E-state index >= 15 is 0 Å². The lowest BCUT2D eigenvalue weighted by molar-refractivity contribution is 0.0519. The quantitative estimate of drug-likeness (QED) is 0.518. The highest BCUT2D eigenvalue weighted by atomic mass is 16.5. The number of hydrogen-bond acceptors (Lipinski definition) is 6. The van der Waals surface area contributed by atoms with E-state index in [0.717, 1.165) is 5.56 Å². The Morgan fingerprint density at radius 3 is 2.61 bits per heavy atom. The molecule has 3 rings (SSSR count). The molecule has 0 saturated heterocycles. The van der Waals surface area contributed by atoms with Crippen LogP contribution in [0.15, 0.2) is 59.2 Å². The molecule has 0 aliphatic heterocycles. The first-order valence-corrected chi connectivity index (χ1v) is 9.17. The van der Waals surface area contributed by atoms with Gasteiger partial charge in [-0.2, -0.15) is 0 Å². The maximum absolute atomic E-state index is 11.8. The van der Waals surface area contributed by atoms with Crippen molar-refractivity contribution in [1.82, 2.24) is 4.98 Å². The molecule has 0 aliphatic rings. The first kappa shape index (κ1) is 19.5. The van der Waals surface area contributed by atoms with Crippen molar-refractivity contribution in [3.63, 3.8) is 0 Å². The fraction of sp³-hybridized carbons (Fsp3) is 0.273. The van der Waals surface area contributed by atoms with Gasteiger partial charge in [0, 0.05) is 5.56 Å². The summed E-state index contributed by atoms with van der Waals surface area (Å²) < 4.78 is 22.2. The summed E-state index contributed by atoms with van der Waals surface area (Å²) in [7, 11) is 0. The molecule has 1 aromatic heterocycles. The maximum Gasteiger partial charge on any atom is 0.360 e. The molecule has 0 radical (unpaired) electrons. The molecule has 0 aliphatic carbocycles. The third kappa shape index (κ3) is 4.91. The molecular weight excluding hydrogens is 358 g/mol. The molecular formula is C22H23NO5.